The molecule has 3 atom stereocenters. The molecule has 2 aliphatic carbocycles. The van der Waals surface area contributed by atoms with E-state index in [0.717, 1.165) is 30.8 Å². The second-order valence-electron chi connectivity index (χ2n) is 7.73. The van der Waals surface area contributed by atoms with E-state index in [2.05, 4.69) is 0 Å². The van der Waals surface area contributed by atoms with Crippen LogP contribution in [-0.2, 0) is 9.59 Å². The summed E-state index contributed by atoms with van der Waals surface area (Å²) in [6, 6.07) is 3.61. The van der Waals surface area contributed by atoms with Gasteiger partial charge in [-0.25, -0.2) is 4.79 Å². The molecule has 1 amide bonds. The van der Waals surface area contributed by atoms with Crippen LogP contribution in [0.1, 0.15) is 56.5 Å². The predicted molar refractivity (Wildman–Crippen MR) is 113 cm³/mol. The van der Waals surface area contributed by atoms with Crippen molar-refractivity contribution in [3.05, 3.63) is 34.6 Å². The van der Waals surface area contributed by atoms with Gasteiger partial charge in [0.15, 0.2) is 0 Å². The number of amides is 1. The van der Waals surface area contributed by atoms with Crippen LogP contribution in [0.25, 0.3) is 12.2 Å². The average molecular weight is 418 g/mol. The fourth-order valence-electron chi connectivity index (χ4n) is 4.70. The molecule has 3 aliphatic rings. The minimum absolute atomic E-state index is 0.0340. The summed E-state index contributed by atoms with van der Waals surface area (Å²) in [5.74, 6) is 1.44. The van der Waals surface area contributed by atoms with Crippen LogP contribution < -0.4 is 0 Å². The highest BCUT2D eigenvalue weighted by Gasteiger charge is 2.41. The van der Waals surface area contributed by atoms with E-state index in [-0.39, 0.29) is 11.9 Å². The summed E-state index contributed by atoms with van der Waals surface area (Å²) in [6.45, 7) is 0. The number of carbonyl (C=O) groups is 2. The smallest absolute Gasteiger partial charge is 0.328 e. The van der Waals surface area contributed by atoms with E-state index < -0.39 is 5.97 Å². The first-order chi connectivity index (χ1) is 13.5. The lowest BCUT2D eigenvalue weighted by molar-refractivity contribution is -0.131. The largest absolute Gasteiger partial charge is 0.478 e. The standard InChI is InChI=1S/C21H23NO4S2/c23-19(24)10-9-16-7-8-17(26-16)12-18-20(25)22(21(27)28-18)15-6-5-13-3-1-2-4-14(13)11-15/h7-10,12-15H,1-6,11H2,(H,23,24)/b10-9?,18-12-. The zero-order chi connectivity index (χ0) is 19.7. The maximum absolute atomic E-state index is 13.0. The van der Waals surface area contributed by atoms with Crippen molar-refractivity contribution in [1.82, 2.24) is 4.90 Å². The van der Waals surface area contributed by atoms with Gasteiger partial charge in [0.05, 0.1) is 4.91 Å². The first kappa shape index (κ1) is 19.5. The molecule has 1 N–H and O–H groups in total. The van der Waals surface area contributed by atoms with E-state index in [0.29, 0.717) is 20.7 Å². The average Bonchev–Trinajstić information content (AvgIpc) is 3.24. The first-order valence-electron chi connectivity index (χ1n) is 9.79. The first-order valence-corrected chi connectivity index (χ1v) is 11.0. The maximum Gasteiger partial charge on any atom is 0.328 e. The number of carbonyl (C=O) groups excluding carboxylic acids is 1. The fraction of sp³-hybridized carbons (Fsp3) is 0.476. The Morgan fingerprint density at radius 1 is 1.18 bits per heavy atom. The lowest BCUT2D eigenvalue weighted by atomic mass is 9.69. The number of carboxylic acids is 1. The van der Waals surface area contributed by atoms with Crippen molar-refractivity contribution >= 4 is 52.3 Å². The number of nitrogens with zero attached hydrogens (tertiary/aromatic N) is 1. The molecule has 0 spiro atoms. The van der Waals surface area contributed by atoms with E-state index in [1.165, 1.54) is 49.9 Å². The SMILES string of the molecule is O=C(O)C=Cc1ccc(/C=C2\SC(=S)N(C3CCC4CCCCC4C3)C2=O)o1. The lowest BCUT2D eigenvalue weighted by Crippen LogP contribution is -2.44. The van der Waals surface area contributed by atoms with Gasteiger partial charge in [0.25, 0.3) is 5.91 Å². The Kier molecular flexibility index (Phi) is 5.73. The van der Waals surface area contributed by atoms with Crippen LogP contribution >= 0.6 is 24.0 Å². The van der Waals surface area contributed by atoms with Crippen molar-refractivity contribution in [1.29, 1.82) is 0 Å². The van der Waals surface area contributed by atoms with Gasteiger partial charge >= 0.3 is 5.97 Å². The third-order valence-electron chi connectivity index (χ3n) is 6.01. The Balaban J connectivity index is 1.46. The Morgan fingerprint density at radius 3 is 2.71 bits per heavy atom. The molecule has 0 radical (unpaired) electrons. The topological polar surface area (TPSA) is 70.8 Å². The molecule has 7 heteroatoms. The van der Waals surface area contributed by atoms with Gasteiger partial charge in [-0.15, -0.1) is 0 Å². The molecule has 2 saturated carbocycles. The van der Waals surface area contributed by atoms with Gasteiger partial charge in [-0.1, -0.05) is 49.7 Å². The van der Waals surface area contributed by atoms with E-state index in [1.54, 1.807) is 18.2 Å². The Labute approximate surface area is 173 Å². The number of thiocarbonyl (C=S) groups is 1. The van der Waals surface area contributed by atoms with Gasteiger partial charge < -0.3 is 9.52 Å². The number of fused-ring (bicyclic) bond motifs is 1. The fourth-order valence-corrected chi connectivity index (χ4v) is 6.08. The van der Waals surface area contributed by atoms with Crippen molar-refractivity contribution in [2.75, 3.05) is 0 Å². The highest BCUT2D eigenvalue weighted by molar-refractivity contribution is 8.26. The molecule has 1 aliphatic heterocycles. The summed E-state index contributed by atoms with van der Waals surface area (Å²) in [6.07, 6.45) is 12.7. The van der Waals surface area contributed by atoms with Crippen LogP contribution in [0.15, 0.2) is 27.5 Å². The number of hydrogen-bond donors (Lipinski definition) is 1. The molecule has 3 fully saturated rings. The molecule has 5 nitrogen and oxygen atoms in total. The van der Waals surface area contributed by atoms with Crippen molar-refractivity contribution < 1.29 is 19.1 Å². The van der Waals surface area contributed by atoms with Crippen LogP contribution in [0.2, 0.25) is 0 Å². The number of thioether (sulfide) groups is 1. The van der Waals surface area contributed by atoms with Crippen molar-refractivity contribution in [3.63, 3.8) is 0 Å². The Bertz CT molecular complexity index is 856. The van der Waals surface area contributed by atoms with Crippen LogP contribution in [0.3, 0.4) is 0 Å². The number of aliphatic carboxylic acids is 1. The molecule has 148 valence electrons. The molecule has 4 rings (SSSR count). The normalized spacial score (nSPS) is 29.6. The maximum atomic E-state index is 13.0. The molecule has 0 aromatic carbocycles. The highest BCUT2D eigenvalue weighted by Crippen LogP contribution is 2.44. The number of furan rings is 1. The van der Waals surface area contributed by atoms with E-state index in [1.807, 2.05) is 4.90 Å². The van der Waals surface area contributed by atoms with Crippen LogP contribution in [-0.4, -0.2) is 32.2 Å². The minimum Gasteiger partial charge on any atom is -0.478 e. The van der Waals surface area contributed by atoms with Crippen molar-refractivity contribution in [3.8, 4) is 0 Å². The van der Waals surface area contributed by atoms with Crippen LogP contribution in [0.5, 0.6) is 0 Å². The Morgan fingerprint density at radius 2 is 1.93 bits per heavy atom. The van der Waals surface area contributed by atoms with Crippen LogP contribution in [0.4, 0.5) is 0 Å². The molecule has 1 aromatic heterocycles. The second-order valence-corrected chi connectivity index (χ2v) is 9.41. The molecule has 1 saturated heterocycles. The number of rotatable bonds is 4. The van der Waals surface area contributed by atoms with E-state index >= 15 is 0 Å². The van der Waals surface area contributed by atoms with Gasteiger partial charge in [0.2, 0.25) is 0 Å². The highest BCUT2D eigenvalue weighted by atomic mass is 32.2. The predicted octanol–water partition coefficient (Wildman–Crippen LogP) is 4.94. The summed E-state index contributed by atoms with van der Waals surface area (Å²) in [5, 5.41) is 8.69. The summed E-state index contributed by atoms with van der Waals surface area (Å²) < 4.78 is 6.21. The zero-order valence-corrected chi connectivity index (χ0v) is 17.1. The molecule has 0 bridgehead atoms. The number of hydrogen-bond acceptors (Lipinski definition) is 5. The molecule has 1 aromatic rings. The van der Waals surface area contributed by atoms with Crippen molar-refractivity contribution in [2.24, 2.45) is 11.8 Å². The van der Waals surface area contributed by atoms with Crippen molar-refractivity contribution in [2.45, 2.75) is 51.0 Å². The van der Waals surface area contributed by atoms with Gasteiger partial charge in [-0.2, -0.15) is 0 Å². The third-order valence-corrected chi connectivity index (χ3v) is 7.34. The molecule has 3 unspecified atom stereocenters. The van der Waals surface area contributed by atoms with Gasteiger partial charge in [-0.3, -0.25) is 9.69 Å². The summed E-state index contributed by atoms with van der Waals surface area (Å²) in [7, 11) is 0. The molecular formula is C21H23NO4S2. The molecule has 28 heavy (non-hydrogen) atoms. The molecular weight excluding hydrogens is 394 g/mol. The van der Waals surface area contributed by atoms with Gasteiger partial charge in [0.1, 0.15) is 15.8 Å². The second kappa shape index (κ2) is 8.25. The monoisotopic (exact) mass is 417 g/mol. The van der Waals surface area contributed by atoms with Crippen LogP contribution in [0, 0.1) is 11.8 Å². The quantitative estimate of drug-likeness (QED) is 0.553. The summed E-state index contributed by atoms with van der Waals surface area (Å²) >= 11 is 6.86. The van der Waals surface area contributed by atoms with Gasteiger partial charge in [-0.05, 0) is 49.3 Å². The Hall–Kier alpha value is -1.86. The van der Waals surface area contributed by atoms with E-state index in [4.69, 9.17) is 21.7 Å². The number of carboxylic acid groups (broad SMARTS) is 1. The van der Waals surface area contributed by atoms with Gasteiger partial charge in [0, 0.05) is 18.2 Å². The third kappa shape index (κ3) is 4.10. The summed E-state index contributed by atoms with van der Waals surface area (Å²) in [5.41, 5.74) is 0. The zero-order valence-electron chi connectivity index (χ0n) is 15.5. The van der Waals surface area contributed by atoms with E-state index in [9.17, 15) is 9.59 Å². The molecule has 2 heterocycles. The minimum atomic E-state index is -1.04. The lowest BCUT2D eigenvalue weighted by Gasteiger charge is -2.41. The summed E-state index contributed by atoms with van der Waals surface area (Å²) in [4.78, 5) is 26.0.